The molecule has 1 N–H and O–H groups in total. The number of nitrogens with one attached hydrogen (secondary N) is 1. The summed E-state index contributed by atoms with van der Waals surface area (Å²) in [6.07, 6.45) is 4.39. The molecule has 4 aromatic rings. The molecule has 0 aliphatic carbocycles. The first-order valence-corrected chi connectivity index (χ1v) is 16.1. The summed E-state index contributed by atoms with van der Waals surface area (Å²) in [5, 5.41) is 1.07. The van der Waals surface area contributed by atoms with Crippen molar-refractivity contribution in [3.05, 3.63) is 117 Å². The molecule has 218 valence electrons. The normalized spacial score (nSPS) is 15.3. The van der Waals surface area contributed by atoms with Gasteiger partial charge < -0.3 is 4.90 Å². The van der Waals surface area contributed by atoms with Crippen LogP contribution in [-0.2, 0) is 22.9 Å². The maximum absolute atomic E-state index is 13.4. The molecule has 1 aliphatic heterocycles. The van der Waals surface area contributed by atoms with E-state index in [1.54, 1.807) is 0 Å². The molecule has 0 unspecified atom stereocenters. The van der Waals surface area contributed by atoms with E-state index in [1.165, 1.54) is 36.0 Å². The minimum absolute atomic E-state index is 0.0625. The Hall–Kier alpha value is -3.46. The lowest BCUT2D eigenvalue weighted by Crippen LogP contribution is -2.32. The Morgan fingerprint density at radius 2 is 1.60 bits per heavy atom. The van der Waals surface area contributed by atoms with Gasteiger partial charge in [0.2, 0.25) is 5.95 Å². The van der Waals surface area contributed by atoms with Crippen LogP contribution in [0.15, 0.2) is 83.9 Å². The molecule has 2 heterocycles. The van der Waals surface area contributed by atoms with Crippen LogP contribution in [0.5, 0.6) is 0 Å². The molecule has 3 aromatic carbocycles. The minimum atomic E-state index is -4.13. The fraction of sp³-hybridized carbons (Fsp3) is 0.281. The van der Waals surface area contributed by atoms with Crippen LogP contribution in [0.4, 0.5) is 5.95 Å². The van der Waals surface area contributed by atoms with Gasteiger partial charge in [-0.15, -0.1) is 0 Å². The fourth-order valence-corrected chi connectivity index (χ4v) is 6.36. The predicted octanol–water partition coefficient (Wildman–Crippen LogP) is 7.15. The maximum Gasteiger partial charge on any atom is 0.268 e. The number of nitrogens with zero attached hydrogens (tertiary/aromatic N) is 3. The molecule has 0 spiro atoms. The number of sulfonamides is 1. The van der Waals surface area contributed by atoms with Gasteiger partial charge >= 0.3 is 0 Å². The van der Waals surface area contributed by atoms with E-state index in [-0.39, 0.29) is 16.5 Å². The Kier molecular flexibility index (Phi) is 9.16. The van der Waals surface area contributed by atoms with Crippen LogP contribution >= 0.6 is 23.2 Å². The lowest BCUT2D eigenvalue weighted by atomic mass is 9.99. The average molecular weight is 624 g/mol. The molecule has 1 atom stereocenters. The Morgan fingerprint density at radius 3 is 2.24 bits per heavy atom. The Balaban J connectivity index is 1.45. The van der Waals surface area contributed by atoms with Crippen molar-refractivity contribution in [2.24, 2.45) is 0 Å². The number of carbonyl (C=O) groups is 1. The highest BCUT2D eigenvalue weighted by Crippen LogP contribution is 2.35. The van der Waals surface area contributed by atoms with Gasteiger partial charge in [0.1, 0.15) is 0 Å². The lowest BCUT2D eigenvalue weighted by molar-refractivity contribution is 0.0979. The second kappa shape index (κ2) is 12.8. The SMILES string of the molecule is CC(C)c1ccc(CCc2nc(N3CCC[C@H]3c3ccc(Cl)cc3)ncc2C(=O)NS(=O)(=O)c2ccc(Cl)cc2)cc1. The standard InChI is InChI=1S/C32H32Cl2N4O3S/c1-21(2)23-8-5-22(6-9-23)7-18-29-28(31(39)37-42(40,41)27-16-14-26(34)15-17-27)20-35-32(36-29)38-19-3-4-30(38)24-10-12-25(33)13-11-24/h5-6,8-17,20-21,30H,3-4,7,18-19H2,1-2H3,(H,37,39)/t30-/m0/s1. The molecule has 1 fully saturated rings. The lowest BCUT2D eigenvalue weighted by Gasteiger charge is -2.26. The number of carbonyl (C=O) groups excluding carboxylic acids is 1. The third-order valence-electron chi connectivity index (χ3n) is 7.51. The third kappa shape index (κ3) is 6.94. The second-order valence-corrected chi connectivity index (χ2v) is 13.3. The molecule has 0 saturated carbocycles. The van der Waals surface area contributed by atoms with Gasteiger partial charge in [-0.1, -0.05) is 73.4 Å². The molecule has 1 aromatic heterocycles. The van der Waals surface area contributed by atoms with Crippen molar-refractivity contribution >= 4 is 45.1 Å². The zero-order valence-electron chi connectivity index (χ0n) is 23.4. The van der Waals surface area contributed by atoms with Crippen molar-refractivity contribution in [1.82, 2.24) is 14.7 Å². The summed E-state index contributed by atoms with van der Waals surface area (Å²) in [7, 11) is -4.13. The van der Waals surface area contributed by atoms with Gasteiger partial charge in [0, 0.05) is 22.8 Å². The molecule has 1 amide bonds. The molecule has 0 radical (unpaired) electrons. The van der Waals surface area contributed by atoms with E-state index in [2.05, 4.69) is 52.7 Å². The first-order chi connectivity index (χ1) is 20.1. The molecule has 42 heavy (non-hydrogen) atoms. The first-order valence-electron chi connectivity index (χ1n) is 13.9. The van der Waals surface area contributed by atoms with Crippen molar-refractivity contribution in [2.75, 3.05) is 11.4 Å². The highest BCUT2D eigenvalue weighted by atomic mass is 35.5. The van der Waals surface area contributed by atoms with Gasteiger partial charge in [-0.2, -0.15) is 0 Å². The number of aryl methyl sites for hydroxylation is 2. The van der Waals surface area contributed by atoms with E-state index < -0.39 is 15.9 Å². The van der Waals surface area contributed by atoms with Gasteiger partial charge in [0.05, 0.1) is 22.2 Å². The van der Waals surface area contributed by atoms with Gasteiger partial charge in [-0.3, -0.25) is 4.79 Å². The van der Waals surface area contributed by atoms with Crippen LogP contribution in [0.3, 0.4) is 0 Å². The van der Waals surface area contributed by atoms with Crippen LogP contribution < -0.4 is 9.62 Å². The second-order valence-electron chi connectivity index (χ2n) is 10.7. The van der Waals surface area contributed by atoms with E-state index in [0.717, 1.165) is 30.5 Å². The van der Waals surface area contributed by atoms with Crippen molar-refractivity contribution < 1.29 is 13.2 Å². The monoisotopic (exact) mass is 622 g/mol. The van der Waals surface area contributed by atoms with E-state index in [1.807, 2.05) is 24.3 Å². The molecular formula is C32H32Cl2N4O3S. The number of halogens is 2. The third-order valence-corrected chi connectivity index (χ3v) is 9.36. The Morgan fingerprint density at radius 1 is 0.952 bits per heavy atom. The molecule has 1 aliphatic rings. The molecular weight excluding hydrogens is 591 g/mol. The number of hydrogen-bond acceptors (Lipinski definition) is 6. The van der Waals surface area contributed by atoms with Gasteiger partial charge in [0.25, 0.3) is 15.9 Å². The van der Waals surface area contributed by atoms with Gasteiger partial charge in [-0.25, -0.2) is 23.1 Å². The molecule has 7 nitrogen and oxygen atoms in total. The smallest absolute Gasteiger partial charge is 0.268 e. The van der Waals surface area contributed by atoms with Crippen molar-refractivity contribution in [2.45, 2.75) is 56.4 Å². The molecule has 0 bridgehead atoms. The number of rotatable bonds is 9. The number of hydrogen-bond donors (Lipinski definition) is 1. The van der Waals surface area contributed by atoms with Crippen LogP contribution in [0.2, 0.25) is 10.0 Å². The molecule has 1 saturated heterocycles. The predicted molar refractivity (Wildman–Crippen MR) is 167 cm³/mol. The van der Waals surface area contributed by atoms with E-state index in [4.69, 9.17) is 28.2 Å². The van der Waals surface area contributed by atoms with E-state index >= 15 is 0 Å². The first kappa shape index (κ1) is 30.0. The van der Waals surface area contributed by atoms with Crippen molar-refractivity contribution in [3.8, 4) is 0 Å². The fourth-order valence-electron chi connectivity index (χ4n) is 5.14. The van der Waals surface area contributed by atoms with E-state index in [9.17, 15) is 13.2 Å². The van der Waals surface area contributed by atoms with Gasteiger partial charge in [-0.05, 0) is 84.7 Å². The Labute approximate surface area is 257 Å². The number of aromatic nitrogens is 2. The zero-order chi connectivity index (χ0) is 29.9. The summed E-state index contributed by atoms with van der Waals surface area (Å²) in [5.74, 6) is 0.155. The van der Waals surface area contributed by atoms with Crippen LogP contribution in [0.1, 0.15) is 71.4 Å². The summed E-state index contributed by atoms with van der Waals surface area (Å²) in [5.41, 5.74) is 4.07. The Bertz CT molecular complexity index is 1660. The van der Waals surface area contributed by atoms with E-state index in [0.29, 0.717) is 40.4 Å². The summed E-state index contributed by atoms with van der Waals surface area (Å²) in [4.78, 5) is 24.9. The van der Waals surface area contributed by atoms with Crippen molar-refractivity contribution in [1.29, 1.82) is 0 Å². The molecule has 10 heteroatoms. The van der Waals surface area contributed by atoms with Crippen LogP contribution in [0, 0.1) is 0 Å². The average Bonchev–Trinajstić information content (AvgIpc) is 3.46. The number of amides is 1. The minimum Gasteiger partial charge on any atom is -0.334 e. The van der Waals surface area contributed by atoms with Crippen molar-refractivity contribution in [3.63, 3.8) is 0 Å². The number of anilines is 1. The topological polar surface area (TPSA) is 92.3 Å². The van der Waals surface area contributed by atoms with Crippen LogP contribution in [-0.4, -0.2) is 30.8 Å². The summed E-state index contributed by atoms with van der Waals surface area (Å²) in [6.45, 7) is 5.06. The highest BCUT2D eigenvalue weighted by molar-refractivity contribution is 7.90. The van der Waals surface area contributed by atoms with Gasteiger partial charge in [0.15, 0.2) is 0 Å². The largest absolute Gasteiger partial charge is 0.334 e. The maximum atomic E-state index is 13.4. The summed E-state index contributed by atoms with van der Waals surface area (Å²) >= 11 is 12.0. The quantitative estimate of drug-likeness (QED) is 0.213. The summed E-state index contributed by atoms with van der Waals surface area (Å²) in [6, 6.07) is 21.8. The summed E-state index contributed by atoms with van der Waals surface area (Å²) < 4.78 is 28.1. The zero-order valence-corrected chi connectivity index (χ0v) is 25.8. The highest BCUT2D eigenvalue weighted by Gasteiger charge is 2.30. The number of benzene rings is 3. The van der Waals surface area contributed by atoms with Crippen LogP contribution in [0.25, 0.3) is 0 Å². The molecule has 5 rings (SSSR count).